The molecule has 3 rings (SSSR count). The Morgan fingerprint density at radius 3 is 3.21 bits per heavy atom. The highest BCUT2D eigenvalue weighted by atomic mass is 32.2. The van der Waals surface area contributed by atoms with Gasteiger partial charge in [-0.15, -0.1) is 11.8 Å². The third kappa shape index (κ3) is 1.33. The lowest BCUT2D eigenvalue weighted by atomic mass is 9.92. The summed E-state index contributed by atoms with van der Waals surface area (Å²) in [5.74, 6) is 2.27. The van der Waals surface area contributed by atoms with Crippen LogP contribution in [0.15, 0.2) is 0 Å². The highest BCUT2D eigenvalue weighted by Crippen LogP contribution is 2.46. The van der Waals surface area contributed by atoms with Gasteiger partial charge in [0.05, 0.1) is 4.87 Å². The van der Waals surface area contributed by atoms with E-state index >= 15 is 0 Å². The lowest BCUT2D eigenvalue weighted by molar-refractivity contribution is 0.198. The molecule has 0 radical (unpaired) electrons. The van der Waals surface area contributed by atoms with E-state index in [0.717, 1.165) is 12.0 Å². The Morgan fingerprint density at radius 2 is 2.43 bits per heavy atom. The largest absolute Gasteiger partial charge is 0.303 e. The van der Waals surface area contributed by atoms with Crippen LogP contribution in [0.25, 0.3) is 0 Å². The van der Waals surface area contributed by atoms with Gasteiger partial charge in [0.25, 0.3) is 0 Å². The van der Waals surface area contributed by atoms with Gasteiger partial charge in [-0.1, -0.05) is 6.92 Å². The number of hydrogen-bond donors (Lipinski definition) is 1. The zero-order chi connectivity index (χ0) is 9.60. The number of rotatable bonds is 1. The van der Waals surface area contributed by atoms with Gasteiger partial charge >= 0.3 is 0 Å². The first kappa shape index (κ1) is 9.49. The van der Waals surface area contributed by atoms with Crippen molar-refractivity contribution in [3.05, 3.63) is 0 Å². The van der Waals surface area contributed by atoms with Crippen molar-refractivity contribution in [1.29, 1.82) is 0 Å². The maximum Gasteiger partial charge on any atom is 0.0701 e. The van der Waals surface area contributed by atoms with Crippen LogP contribution in [0.3, 0.4) is 0 Å². The molecular weight excluding hydrogens is 192 g/mol. The first-order chi connectivity index (χ1) is 6.82. The van der Waals surface area contributed by atoms with E-state index in [9.17, 15) is 0 Å². The van der Waals surface area contributed by atoms with Gasteiger partial charge in [0.2, 0.25) is 0 Å². The second-order valence-corrected chi connectivity index (χ2v) is 6.34. The molecule has 1 N–H and O–H groups in total. The van der Waals surface area contributed by atoms with Crippen molar-refractivity contribution in [2.24, 2.45) is 5.92 Å². The first-order valence-corrected chi connectivity index (χ1v) is 6.95. The molecule has 2 nitrogen and oxygen atoms in total. The third-order valence-electron chi connectivity index (χ3n) is 4.21. The molecule has 3 heteroatoms. The molecule has 0 amide bonds. The number of nitrogens with zero attached hydrogens (tertiary/aromatic N) is 1. The normalized spacial score (nSPS) is 51.6. The Hall–Kier alpha value is 0.270. The van der Waals surface area contributed by atoms with Gasteiger partial charge in [0, 0.05) is 30.8 Å². The van der Waals surface area contributed by atoms with Crippen molar-refractivity contribution in [3.8, 4) is 0 Å². The Labute approximate surface area is 90.8 Å². The van der Waals surface area contributed by atoms with Crippen molar-refractivity contribution in [3.63, 3.8) is 0 Å². The second-order valence-electron chi connectivity index (χ2n) is 4.99. The van der Waals surface area contributed by atoms with Crippen LogP contribution in [0.1, 0.15) is 26.2 Å². The molecule has 80 valence electrons. The maximum absolute atomic E-state index is 3.92. The summed E-state index contributed by atoms with van der Waals surface area (Å²) in [4.78, 5) is 3.12. The van der Waals surface area contributed by atoms with Crippen molar-refractivity contribution < 1.29 is 0 Å². The van der Waals surface area contributed by atoms with E-state index in [1.807, 2.05) is 0 Å². The van der Waals surface area contributed by atoms with E-state index in [-0.39, 0.29) is 0 Å². The van der Waals surface area contributed by atoms with Crippen molar-refractivity contribution >= 4 is 11.8 Å². The van der Waals surface area contributed by atoms with Crippen LogP contribution in [0, 0.1) is 5.92 Å². The number of fused-ring (bicyclic) bond motifs is 3. The molecule has 0 aliphatic carbocycles. The summed E-state index contributed by atoms with van der Waals surface area (Å²) in [6.07, 6.45) is 4.10. The van der Waals surface area contributed by atoms with Crippen molar-refractivity contribution in [2.45, 2.75) is 37.1 Å². The van der Waals surface area contributed by atoms with E-state index in [1.165, 1.54) is 44.6 Å². The van der Waals surface area contributed by atoms with Gasteiger partial charge in [-0.25, -0.2) is 0 Å². The average molecular weight is 212 g/mol. The second kappa shape index (κ2) is 3.39. The van der Waals surface area contributed by atoms with Crippen molar-refractivity contribution in [1.82, 2.24) is 10.2 Å². The van der Waals surface area contributed by atoms with Gasteiger partial charge in [-0.2, -0.15) is 0 Å². The quantitative estimate of drug-likeness (QED) is 0.709. The lowest BCUT2D eigenvalue weighted by Gasteiger charge is -2.40. The summed E-state index contributed by atoms with van der Waals surface area (Å²) >= 11 is 2.22. The standard InChI is InChI=1S/C11H20N2S/c1-2-10-8-14-11(12-10)4-6-13-5-3-9(11)7-13/h9-10,12H,2-8H2,1H3. The van der Waals surface area contributed by atoms with Gasteiger partial charge in [-0.3, -0.25) is 5.32 Å². The van der Waals surface area contributed by atoms with E-state index in [1.54, 1.807) is 0 Å². The Morgan fingerprint density at radius 1 is 1.50 bits per heavy atom. The Kier molecular flexibility index (Phi) is 2.30. The number of piperidine rings is 1. The minimum Gasteiger partial charge on any atom is -0.303 e. The Bertz CT molecular complexity index is 233. The van der Waals surface area contributed by atoms with Gasteiger partial charge in [-0.05, 0) is 25.8 Å². The number of hydrogen-bond acceptors (Lipinski definition) is 3. The molecule has 3 aliphatic heterocycles. The van der Waals surface area contributed by atoms with Crippen LogP contribution in [0.5, 0.6) is 0 Å². The molecule has 4 atom stereocenters. The van der Waals surface area contributed by atoms with E-state index in [0.29, 0.717) is 4.87 Å². The molecule has 2 bridgehead atoms. The van der Waals surface area contributed by atoms with Gasteiger partial charge in [0.15, 0.2) is 0 Å². The summed E-state index contributed by atoms with van der Waals surface area (Å²) in [5.41, 5.74) is 0. The highest BCUT2D eigenvalue weighted by molar-refractivity contribution is 8.00. The molecule has 4 unspecified atom stereocenters. The fraction of sp³-hybridized carbons (Fsp3) is 1.00. The van der Waals surface area contributed by atoms with Crippen LogP contribution in [0.2, 0.25) is 0 Å². The molecule has 0 aromatic heterocycles. The van der Waals surface area contributed by atoms with E-state index < -0.39 is 0 Å². The summed E-state index contributed by atoms with van der Waals surface area (Å²) in [6, 6.07) is 0.784. The SMILES string of the molecule is CCC1CSC2(CCN3CCC2C3)N1. The monoisotopic (exact) mass is 212 g/mol. The van der Waals surface area contributed by atoms with E-state index in [2.05, 4.69) is 28.9 Å². The zero-order valence-corrected chi connectivity index (χ0v) is 9.78. The van der Waals surface area contributed by atoms with Crippen LogP contribution in [-0.4, -0.2) is 41.2 Å². The zero-order valence-electron chi connectivity index (χ0n) is 8.96. The van der Waals surface area contributed by atoms with Crippen LogP contribution >= 0.6 is 11.8 Å². The summed E-state index contributed by atoms with van der Waals surface area (Å²) in [6.45, 7) is 6.34. The average Bonchev–Trinajstić information content (AvgIpc) is 2.77. The van der Waals surface area contributed by atoms with E-state index in [4.69, 9.17) is 0 Å². The van der Waals surface area contributed by atoms with Crippen LogP contribution in [-0.2, 0) is 0 Å². The summed E-state index contributed by atoms with van der Waals surface area (Å²) in [5, 5.41) is 3.92. The number of nitrogens with one attached hydrogen (secondary N) is 1. The fourth-order valence-electron chi connectivity index (χ4n) is 3.22. The molecule has 14 heavy (non-hydrogen) atoms. The molecule has 0 saturated carbocycles. The maximum atomic E-state index is 3.92. The molecule has 0 aromatic carbocycles. The number of thioether (sulfide) groups is 1. The molecule has 3 heterocycles. The van der Waals surface area contributed by atoms with Crippen LogP contribution < -0.4 is 5.32 Å². The van der Waals surface area contributed by atoms with Gasteiger partial charge < -0.3 is 4.90 Å². The molecule has 1 spiro atoms. The predicted molar refractivity (Wildman–Crippen MR) is 61.6 cm³/mol. The summed E-state index contributed by atoms with van der Waals surface area (Å²) < 4.78 is 0. The molecule has 3 aliphatic rings. The first-order valence-electron chi connectivity index (χ1n) is 5.96. The minimum atomic E-state index is 0.480. The third-order valence-corrected chi connectivity index (χ3v) is 5.95. The molecule has 3 fully saturated rings. The highest BCUT2D eigenvalue weighted by Gasteiger charge is 2.49. The molecule has 0 aromatic rings. The topological polar surface area (TPSA) is 15.3 Å². The fourth-order valence-corrected chi connectivity index (χ4v) is 4.95. The van der Waals surface area contributed by atoms with Crippen LogP contribution in [0.4, 0.5) is 0 Å². The van der Waals surface area contributed by atoms with Gasteiger partial charge in [0.1, 0.15) is 0 Å². The smallest absolute Gasteiger partial charge is 0.0701 e. The minimum absolute atomic E-state index is 0.480. The lowest BCUT2D eigenvalue weighted by Crippen LogP contribution is -2.52. The molecule has 3 saturated heterocycles. The Balaban J connectivity index is 1.77. The summed E-state index contributed by atoms with van der Waals surface area (Å²) in [7, 11) is 0. The molecular formula is C11H20N2S. The van der Waals surface area contributed by atoms with Crippen molar-refractivity contribution in [2.75, 3.05) is 25.4 Å². The predicted octanol–water partition coefficient (Wildman–Crippen LogP) is 1.52.